The quantitative estimate of drug-likeness (QED) is 0.812. The van der Waals surface area contributed by atoms with Crippen LogP contribution in [0, 0.1) is 0 Å². The summed E-state index contributed by atoms with van der Waals surface area (Å²) in [5.74, 6) is 0. The molecule has 0 aromatic heterocycles. The molecular formula is C16H16O2. The molecule has 0 saturated heterocycles. The molecule has 0 saturated carbocycles. The molecule has 0 radical (unpaired) electrons. The molecule has 2 rings (SSSR count). The molecule has 0 spiro atoms. The minimum atomic E-state index is 0.0779. The lowest BCUT2D eigenvalue weighted by Gasteiger charge is -2.01. The summed E-state index contributed by atoms with van der Waals surface area (Å²) in [4.78, 5) is 0. The van der Waals surface area contributed by atoms with Crippen molar-refractivity contribution in [3.8, 4) is 0 Å². The fraction of sp³-hybridized carbons (Fsp3) is 0.125. The van der Waals surface area contributed by atoms with E-state index in [1.165, 1.54) is 0 Å². The van der Waals surface area contributed by atoms with Gasteiger partial charge < -0.3 is 9.84 Å². The topological polar surface area (TPSA) is 29.5 Å². The Bertz CT molecular complexity index is 486. The summed E-state index contributed by atoms with van der Waals surface area (Å²) in [5, 5.41) is 8.93. The third-order valence-electron chi connectivity index (χ3n) is 2.61. The van der Waals surface area contributed by atoms with Gasteiger partial charge >= 0.3 is 0 Å². The van der Waals surface area contributed by atoms with Gasteiger partial charge in [0.15, 0.2) is 0 Å². The highest BCUT2D eigenvalue weighted by Crippen LogP contribution is 2.07. The van der Waals surface area contributed by atoms with Crippen molar-refractivity contribution in [1.82, 2.24) is 0 Å². The van der Waals surface area contributed by atoms with Gasteiger partial charge in [0.2, 0.25) is 0 Å². The van der Waals surface area contributed by atoms with Crippen LogP contribution in [0.4, 0.5) is 0 Å². The van der Waals surface area contributed by atoms with Crippen molar-refractivity contribution in [3.63, 3.8) is 0 Å². The second kappa shape index (κ2) is 6.62. The van der Waals surface area contributed by atoms with E-state index < -0.39 is 0 Å². The van der Waals surface area contributed by atoms with Crippen LogP contribution in [0.3, 0.4) is 0 Å². The lowest BCUT2D eigenvalue weighted by molar-refractivity contribution is 0.239. The van der Waals surface area contributed by atoms with Crippen molar-refractivity contribution in [2.45, 2.75) is 13.2 Å². The van der Waals surface area contributed by atoms with Gasteiger partial charge in [0.25, 0.3) is 0 Å². The van der Waals surface area contributed by atoms with Gasteiger partial charge in [0, 0.05) is 0 Å². The maximum Gasteiger partial charge on any atom is 0.112 e. The minimum Gasteiger partial charge on any atom is -0.496 e. The highest BCUT2D eigenvalue weighted by atomic mass is 16.5. The molecule has 18 heavy (non-hydrogen) atoms. The number of aliphatic hydroxyl groups excluding tert-OH is 1. The Morgan fingerprint density at radius 2 is 1.61 bits per heavy atom. The first-order valence-corrected chi connectivity index (χ1v) is 5.90. The molecule has 0 unspecified atom stereocenters. The van der Waals surface area contributed by atoms with Crippen LogP contribution >= 0.6 is 0 Å². The first-order chi connectivity index (χ1) is 8.88. The summed E-state index contributed by atoms with van der Waals surface area (Å²) in [6, 6.07) is 17.7. The molecule has 1 N–H and O–H groups in total. The number of hydrogen-bond acceptors (Lipinski definition) is 2. The summed E-state index contributed by atoms with van der Waals surface area (Å²) in [5.41, 5.74) is 3.12. The Kier molecular flexibility index (Phi) is 4.56. The Morgan fingerprint density at radius 1 is 0.889 bits per heavy atom. The second-order valence-electron chi connectivity index (χ2n) is 4.00. The summed E-state index contributed by atoms with van der Waals surface area (Å²) >= 11 is 0. The molecule has 0 amide bonds. The van der Waals surface area contributed by atoms with Gasteiger partial charge in [-0.15, -0.1) is 0 Å². The standard InChI is InChI=1S/C16H16O2/c17-12-15-8-6-14(7-9-15)10-11-18-13-16-4-2-1-3-5-16/h1-11,17H,12-13H2. The molecule has 0 heterocycles. The van der Waals surface area contributed by atoms with Crippen molar-refractivity contribution in [3.05, 3.63) is 77.5 Å². The number of benzene rings is 2. The largest absolute Gasteiger partial charge is 0.496 e. The Morgan fingerprint density at radius 3 is 2.28 bits per heavy atom. The predicted octanol–water partition coefficient (Wildman–Crippen LogP) is 3.37. The molecule has 2 heteroatoms. The molecule has 2 nitrogen and oxygen atoms in total. The molecule has 0 aliphatic rings. The second-order valence-corrected chi connectivity index (χ2v) is 4.00. The van der Waals surface area contributed by atoms with Gasteiger partial charge in [-0.2, -0.15) is 0 Å². The van der Waals surface area contributed by atoms with Crippen molar-refractivity contribution < 1.29 is 9.84 Å². The van der Waals surface area contributed by atoms with Crippen LogP contribution in [-0.2, 0) is 18.0 Å². The lowest BCUT2D eigenvalue weighted by Crippen LogP contribution is -1.85. The van der Waals surface area contributed by atoms with Crippen LogP contribution in [0.5, 0.6) is 0 Å². The van der Waals surface area contributed by atoms with E-state index in [1.54, 1.807) is 6.26 Å². The average Bonchev–Trinajstić information content (AvgIpc) is 2.45. The molecule has 2 aromatic rings. The van der Waals surface area contributed by atoms with Gasteiger partial charge in [-0.3, -0.25) is 0 Å². The van der Waals surface area contributed by atoms with E-state index in [1.807, 2.05) is 60.7 Å². The summed E-state index contributed by atoms with van der Waals surface area (Å²) in [7, 11) is 0. The zero-order valence-electron chi connectivity index (χ0n) is 10.1. The zero-order valence-corrected chi connectivity index (χ0v) is 10.1. The molecule has 2 aromatic carbocycles. The van der Waals surface area contributed by atoms with Crippen LogP contribution in [0.2, 0.25) is 0 Å². The molecule has 0 aliphatic heterocycles. The van der Waals surface area contributed by atoms with E-state index in [9.17, 15) is 0 Å². The maximum absolute atomic E-state index is 8.93. The van der Waals surface area contributed by atoms with Crippen LogP contribution in [0.15, 0.2) is 60.9 Å². The predicted molar refractivity (Wildman–Crippen MR) is 72.6 cm³/mol. The molecule has 0 bridgehead atoms. The smallest absolute Gasteiger partial charge is 0.112 e. The SMILES string of the molecule is OCc1ccc(C=COCc2ccccc2)cc1. The van der Waals surface area contributed by atoms with Crippen LogP contribution < -0.4 is 0 Å². The van der Waals surface area contributed by atoms with E-state index >= 15 is 0 Å². The number of ether oxygens (including phenoxy) is 1. The molecule has 0 fully saturated rings. The molecular weight excluding hydrogens is 224 g/mol. The highest BCUT2D eigenvalue weighted by Gasteiger charge is 1.91. The van der Waals surface area contributed by atoms with Crippen LogP contribution in [0.1, 0.15) is 16.7 Å². The Labute approximate surface area is 107 Å². The summed E-state index contributed by atoms with van der Waals surface area (Å²) in [6.45, 7) is 0.653. The van der Waals surface area contributed by atoms with Crippen molar-refractivity contribution >= 4 is 6.08 Å². The fourth-order valence-corrected chi connectivity index (χ4v) is 1.58. The van der Waals surface area contributed by atoms with Gasteiger partial charge in [-0.1, -0.05) is 54.6 Å². The third kappa shape index (κ3) is 3.75. The Balaban J connectivity index is 1.84. The first kappa shape index (κ1) is 12.4. The first-order valence-electron chi connectivity index (χ1n) is 5.90. The minimum absolute atomic E-state index is 0.0779. The van der Waals surface area contributed by atoms with E-state index in [4.69, 9.17) is 9.84 Å². The zero-order chi connectivity index (χ0) is 12.6. The Hall–Kier alpha value is -2.06. The van der Waals surface area contributed by atoms with Crippen molar-refractivity contribution in [2.24, 2.45) is 0 Å². The normalized spacial score (nSPS) is 10.7. The van der Waals surface area contributed by atoms with Crippen molar-refractivity contribution in [1.29, 1.82) is 0 Å². The number of rotatable bonds is 5. The van der Waals surface area contributed by atoms with Crippen molar-refractivity contribution in [2.75, 3.05) is 0 Å². The fourth-order valence-electron chi connectivity index (χ4n) is 1.58. The monoisotopic (exact) mass is 240 g/mol. The average molecular weight is 240 g/mol. The van der Waals surface area contributed by atoms with E-state index in [0.29, 0.717) is 6.61 Å². The number of aliphatic hydroxyl groups is 1. The maximum atomic E-state index is 8.93. The summed E-state index contributed by atoms with van der Waals surface area (Å²) in [6.07, 6.45) is 3.60. The highest BCUT2D eigenvalue weighted by molar-refractivity contribution is 5.48. The van der Waals surface area contributed by atoms with Gasteiger partial charge in [0.1, 0.15) is 6.61 Å². The molecule has 0 atom stereocenters. The molecule has 92 valence electrons. The van der Waals surface area contributed by atoms with Crippen LogP contribution in [0.25, 0.3) is 6.08 Å². The van der Waals surface area contributed by atoms with Gasteiger partial charge in [-0.25, -0.2) is 0 Å². The lowest BCUT2D eigenvalue weighted by atomic mass is 10.1. The number of hydrogen-bond donors (Lipinski definition) is 1. The third-order valence-corrected chi connectivity index (χ3v) is 2.61. The van der Waals surface area contributed by atoms with E-state index in [2.05, 4.69) is 0 Å². The summed E-state index contributed by atoms with van der Waals surface area (Å²) < 4.78 is 5.45. The molecule has 0 aliphatic carbocycles. The van der Waals surface area contributed by atoms with E-state index in [0.717, 1.165) is 16.7 Å². The van der Waals surface area contributed by atoms with Gasteiger partial charge in [-0.05, 0) is 22.8 Å². The van der Waals surface area contributed by atoms with Gasteiger partial charge in [0.05, 0.1) is 12.9 Å². The van der Waals surface area contributed by atoms with Crippen LogP contribution in [-0.4, -0.2) is 5.11 Å². The van der Waals surface area contributed by atoms with E-state index in [-0.39, 0.29) is 6.61 Å².